The van der Waals surface area contributed by atoms with E-state index in [1.54, 1.807) is 0 Å². The molecule has 0 N–H and O–H groups in total. The average molecular weight is 375 g/mol. The Morgan fingerprint density at radius 2 is 1.67 bits per heavy atom. The molecule has 0 heterocycles. The van der Waals surface area contributed by atoms with Gasteiger partial charge >= 0.3 is 0 Å². The molecule has 0 radical (unpaired) electrons. The van der Waals surface area contributed by atoms with Crippen LogP contribution in [0.15, 0.2) is 11.6 Å². The fraction of sp³-hybridized carbons (Fsp3) is 0.864. The van der Waals surface area contributed by atoms with Gasteiger partial charge in [-0.3, -0.25) is 10.1 Å². The molecule has 0 unspecified atom stereocenters. The van der Waals surface area contributed by atoms with E-state index < -0.39 is 6.04 Å². The third kappa shape index (κ3) is 6.04. The number of ether oxygens (including phenoxy) is 1. The molecule has 27 heavy (non-hydrogen) atoms. The molecule has 0 amide bonds. The van der Waals surface area contributed by atoms with Gasteiger partial charge in [0.2, 0.25) is 6.04 Å². The summed E-state index contributed by atoms with van der Waals surface area (Å²) in [5, 5.41) is 20.5. The normalized spacial score (nSPS) is 33.4. The smallest absolute Gasteiger partial charge is 0.213 e. The van der Waals surface area contributed by atoms with Crippen LogP contribution in [-0.4, -0.2) is 23.7 Å². The molecule has 0 bridgehead atoms. The van der Waals surface area contributed by atoms with Crippen molar-refractivity contribution in [2.75, 3.05) is 6.61 Å². The Morgan fingerprint density at radius 3 is 2.26 bits per heavy atom. The van der Waals surface area contributed by atoms with E-state index in [2.05, 4.69) is 12.1 Å². The molecule has 0 atom stereocenters. The molecule has 3 aliphatic rings. The van der Waals surface area contributed by atoms with Crippen molar-refractivity contribution in [1.82, 2.24) is 0 Å². The average Bonchev–Trinajstić information content (AvgIpc) is 2.72. The van der Waals surface area contributed by atoms with Crippen LogP contribution in [0.25, 0.3) is 0 Å². The Kier molecular flexibility index (Phi) is 7.70. The summed E-state index contributed by atoms with van der Waals surface area (Å²) < 4.78 is 6.20. The molecule has 0 saturated heterocycles. The van der Waals surface area contributed by atoms with Crippen molar-refractivity contribution < 1.29 is 9.66 Å². The molecular formula is C22H34N2O3. The Hall–Kier alpha value is -1.41. The summed E-state index contributed by atoms with van der Waals surface area (Å²) in [6.45, 7) is 0.939. The van der Waals surface area contributed by atoms with Crippen molar-refractivity contribution in [2.24, 2.45) is 17.8 Å². The molecule has 5 heteroatoms. The summed E-state index contributed by atoms with van der Waals surface area (Å²) in [6.07, 6.45) is 16.6. The first kappa shape index (κ1) is 20.3. The SMILES string of the molecule is N#C/C(=C\C1CCC(OCC2CCCCC2)CC1)C1CCC([N+](=O)[O-])CC1. The molecule has 150 valence electrons. The summed E-state index contributed by atoms with van der Waals surface area (Å²) >= 11 is 0. The van der Waals surface area contributed by atoms with Crippen LogP contribution in [0.2, 0.25) is 0 Å². The lowest BCUT2D eigenvalue weighted by Gasteiger charge is -2.30. The van der Waals surface area contributed by atoms with Gasteiger partial charge in [0.05, 0.1) is 12.2 Å². The highest BCUT2D eigenvalue weighted by Gasteiger charge is 2.31. The van der Waals surface area contributed by atoms with E-state index in [-0.39, 0.29) is 10.8 Å². The Labute approximate surface area is 163 Å². The number of rotatable bonds is 6. The maximum Gasteiger partial charge on any atom is 0.213 e. The second kappa shape index (κ2) is 10.2. The molecule has 3 aliphatic carbocycles. The minimum Gasteiger partial charge on any atom is -0.378 e. The van der Waals surface area contributed by atoms with Crippen LogP contribution in [-0.2, 0) is 4.74 Å². The van der Waals surface area contributed by atoms with Crippen molar-refractivity contribution in [3.8, 4) is 6.07 Å². The fourth-order valence-electron chi connectivity index (χ4n) is 5.16. The molecule has 0 aromatic carbocycles. The van der Waals surface area contributed by atoms with E-state index in [1.807, 2.05) is 0 Å². The van der Waals surface area contributed by atoms with Gasteiger partial charge in [-0.05, 0) is 69.1 Å². The van der Waals surface area contributed by atoms with Crippen molar-refractivity contribution in [3.05, 3.63) is 21.8 Å². The van der Waals surface area contributed by atoms with E-state index >= 15 is 0 Å². The standard InChI is InChI=1S/C22H34N2O3/c23-15-20(19-8-10-21(11-9-19)24(25)26)14-17-6-12-22(13-7-17)27-16-18-4-2-1-3-5-18/h14,17-19,21-22H,1-13,16H2/b20-14+. The van der Waals surface area contributed by atoms with Crippen molar-refractivity contribution in [2.45, 2.75) is 95.6 Å². The minimum atomic E-state index is -0.405. The zero-order valence-corrected chi connectivity index (χ0v) is 16.5. The number of hydrogen-bond acceptors (Lipinski definition) is 4. The van der Waals surface area contributed by atoms with E-state index in [9.17, 15) is 15.4 Å². The van der Waals surface area contributed by atoms with Crippen LogP contribution < -0.4 is 0 Å². The van der Waals surface area contributed by atoms with Gasteiger partial charge in [0, 0.05) is 29.9 Å². The van der Waals surface area contributed by atoms with Gasteiger partial charge in [-0.2, -0.15) is 5.26 Å². The number of allylic oxidation sites excluding steroid dienone is 2. The molecule has 3 rings (SSSR count). The summed E-state index contributed by atoms with van der Waals surface area (Å²) in [6, 6.07) is 2.00. The molecule has 0 aromatic rings. The van der Waals surface area contributed by atoms with Crippen LogP contribution in [0.1, 0.15) is 83.5 Å². The van der Waals surface area contributed by atoms with Crippen molar-refractivity contribution >= 4 is 0 Å². The Bertz CT molecular complexity index is 546. The lowest BCUT2D eigenvalue weighted by molar-refractivity contribution is -0.526. The summed E-state index contributed by atoms with van der Waals surface area (Å²) in [7, 11) is 0. The lowest BCUT2D eigenvalue weighted by Crippen LogP contribution is -2.27. The Morgan fingerprint density at radius 1 is 1.00 bits per heavy atom. The molecule has 0 aliphatic heterocycles. The first-order valence-electron chi connectivity index (χ1n) is 11.0. The minimum absolute atomic E-state index is 0.152. The van der Waals surface area contributed by atoms with E-state index in [0.29, 0.717) is 24.9 Å². The topological polar surface area (TPSA) is 76.2 Å². The molecule has 3 fully saturated rings. The molecule has 0 aromatic heterocycles. The van der Waals surface area contributed by atoms with Crippen LogP contribution in [0.4, 0.5) is 0 Å². The van der Waals surface area contributed by atoms with Gasteiger partial charge in [0.25, 0.3) is 0 Å². The highest BCUT2D eigenvalue weighted by Crippen LogP contribution is 2.35. The molecule has 5 nitrogen and oxygen atoms in total. The summed E-state index contributed by atoms with van der Waals surface area (Å²) in [4.78, 5) is 10.8. The maximum atomic E-state index is 10.9. The van der Waals surface area contributed by atoms with E-state index in [1.165, 1.54) is 32.1 Å². The zero-order chi connectivity index (χ0) is 19.1. The van der Waals surface area contributed by atoms with Gasteiger partial charge < -0.3 is 4.74 Å². The fourth-order valence-corrected chi connectivity index (χ4v) is 5.16. The van der Waals surface area contributed by atoms with Crippen LogP contribution in [0.3, 0.4) is 0 Å². The second-order valence-electron chi connectivity index (χ2n) is 8.90. The number of nitriles is 1. The molecular weight excluding hydrogens is 340 g/mol. The summed E-state index contributed by atoms with van der Waals surface area (Å²) in [5.41, 5.74) is 0.878. The highest BCUT2D eigenvalue weighted by molar-refractivity contribution is 5.25. The van der Waals surface area contributed by atoms with E-state index in [0.717, 1.165) is 56.6 Å². The zero-order valence-electron chi connectivity index (χ0n) is 16.5. The van der Waals surface area contributed by atoms with Crippen LogP contribution in [0.5, 0.6) is 0 Å². The van der Waals surface area contributed by atoms with E-state index in [4.69, 9.17) is 4.74 Å². The van der Waals surface area contributed by atoms with Gasteiger partial charge in [-0.25, -0.2) is 0 Å². The summed E-state index contributed by atoms with van der Waals surface area (Å²) in [5.74, 6) is 1.48. The monoisotopic (exact) mass is 374 g/mol. The number of nitro groups is 1. The van der Waals surface area contributed by atoms with Crippen molar-refractivity contribution in [3.63, 3.8) is 0 Å². The second-order valence-corrected chi connectivity index (χ2v) is 8.90. The van der Waals surface area contributed by atoms with Gasteiger partial charge in [0.1, 0.15) is 0 Å². The van der Waals surface area contributed by atoms with Crippen LogP contribution >= 0.6 is 0 Å². The first-order chi connectivity index (χ1) is 13.2. The maximum absolute atomic E-state index is 10.9. The van der Waals surface area contributed by atoms with Crippen LogP contribution in [0, 0.1) is 39.2 Å². The van der Waals surface area contributed by atoms with Crippen molar-refractivity contribution in [1.29, 1.82) is 5.26 Å². The van der Waals surface area contributed by atoms with Gasteiger partial charge in [-0.1, -0.05) is 25.3 Å². The molecule has 0 spiro atoms. The predicted molar refractivity (Wildman–Crippen MR) is 105 cm³/mol. The van der Waals surface area contributed by atoms with Gasteiger partial charge in [-0.15, -0.1) is 0 Å². The predicted octanol–water partition coefficient (Wildman–Crippen LogP) is 5.43. The number of hydrogen-bond donors (Lipinski definition) is 0. The Balaban J connectivity index is 1.41. The molecule has 3 saturated carbocycles. The lowest BCUT2D eigenvalue weighted by atomic mass is 9.79. The highest BCUT2D eigenvalue weighted by atomic mass is 16.6. The largest absolute Gasteiger partial charge is 0.378 e. The number of nitrogens with zero attached hydrogens (tertiary/aromatic N) is 2. The first-order valence-corrected chi connectivity index (χ1v) is 11.0. The third-order valence-electron chi connectivity index (χ3n) is 6.99. The van der Waals surface area contributed by atoms with Gasteiger partial charge in [0.15, 0.2) is 0 Å². The quantitative estimate of drug-likeness (QED) is 0.353. The third-order valence-corrected chi connectivity index (χ3v) is 6.99.